The molecule has 0 spiro atoms. The average Bonchev–Trinajstić information content (AvgIpc) is 2.86. The predicted molar refractivity (Wildman–Crippen MR) is 78.4 cm³/mol. The molecule has 4 nitrogen and oxygen atoms in total. The number of fused-ring (bicyclic) bond motifs is 1. The fraction of sp³-hybridized carbons (Fsp3) is 0.333. The van der Waals surface area contributed by atoms with Crippen LogP contribution in [0, 0.1) is 16.7 Å². The summed E-state index contributed by atoms with van der Waals surface area (Å²) in [6, 6.07) is 7.93. The number of pyridine rings is 1. The summed E-state index contributed by atoms with van der Waals surface area (Å²) in [5.74, 6) is 0.577. The van der Waals surface area contributed by atoms with Crippen molar-refractivity contribution in [2.45, 2.75) is 26.3 Å². The fourth-order valence-electron chi connectivity index (χ4n) is 3.18. The van der Waals surface area contributed by atoms with E-state index in [1.807, 2.05) is 18.2 Å². The molecule has 0 aromatic carbocycles. The Balaban J connectivity index is 2.21. The minimum absolute atomic E-state index is 0.0281. The lowest BCUT2D eigenvalue weighted by atomic mass is 9.76. The molecule has 20 heavy (non-hydrogen) atoms. The van der Waals surface area contributed by atoms with Crippen molar-refractivity contribution in [3.05, 3.63) is 46.4 Å². The Morgan fingerprint density at radius 1 is 1.50 bits per heavy atom. The monoisotopic (exact) mass is 286 g/mol. The topological polar surface area (TPSA) is 67.6 Å². The molecule has 1 unspecified atom stereocenters. The summed E-state index contributed by atoms with van der Waals surface area (Å²) in [4.78, 5) is 4.02. The van der Waals surface area contributed by atoms with Gasteiger partial charge in [0.25, 0.3) is 0 Å². The molecule has 0 saturated carbocycles. The molecule has 0 saturated heterocycles. The number of rotatable bonds is 1. The molecule has 5 heteroatoms. The van der Waals surface area contributed by atoms with Gasteiger partial charge in [0.15, 0.2) is 0 Å². The van der Waals surface area contributed by atoms with E-state index in [4.69, 9.17) is 17.3 Å². The molecule has 0 bridgehead atoms. The largest absolute Gasteiger partial charge is 0.384 e. The van der Waals surface area contributed by atoms with Gasteiger partial charge in [-0.2, -0.15) is 5.26 Å². The maximum atomic E-state index is 9.19. The molecule has 3 rings (SSSR count). The Morgan fingerprint density at radius 3 is 2.95 bits per heavy atom. The van der Waals surface area contributed by atoms with Crippen molar-refractivity contribution >= 4 is 17.4 Å². The molecule has 2 aromatic rings. The smallest absolute Gasteiger partial charge is 0.123 e. The molecule has 0 radical (unpaired) electrons. The van der Waals surface area contributed by atoms with Crippen molar-refractivity contribution in [3.8, 4) is 6.07 Å². The molecule has 3 heterocycles. The minimum atomic E-state index is -0.0281. The molecule has 1 aliphatic heterocycles. The summed E-state index contributed by atoms with van der Waals surface area (Å²) < 4.78 is 2.07. The van der Waals surface area contributed by atoms with E-state index >= 15 is 0 Å². The number of halogens is 1. The summed E-state index contributed by atoms with van der Waals surface area (Å²) in [7, 11) is 0. The first-order valence-corrected chi connectivity index (χ1v) is 6.82. The van der Waals surface area contributed by atoms with Crippen molar-refractivity contribution in [2.24, 2.45) is 5.41 Å². The van der Waals surface area contributed by atoms with Crippen LogP contribution in [-0.2, 0) is 6.54 Å². The van der Waals surface area contributed by atoms with Gasteiger partial charge in [0.2, 0.25) is 0 Å². The van der Waals surface area contributed by atoms with Crippen molar-refractivity contribution in [1.29, 1.82) is 5.26 Å². The molecule has 2 N–H and O–H groups in total. The second kappa shape index (κ2) is 4.26. The SMILES string of the molecule is CC1(C)Cn2c(C#N)ccc2C1c1cc(N)ncc1Cl. The lowest BCUT2D eigenvalue weighted by Crippen LogP contribution is -2.20. The van der Waals surface area contributed by atoms with Gasteiger partial charge in [0.05, 0.1) is 5.02 Å². The van der Waals surface area contributed by atoms with Crippen molar-refractivity contribution in [3.63, 3.8) is 0 Å². The van der Waals surface area contributed by atoms with Crippen molar-refractivity contribution < 1.29 is 0 Å². The Labute approximate surface area is 122 Å². The van der Waals surface area contributed by atoms with Crippen LogP contribution in [0.5, 0.6) is 0 Å². The Bertz CT molecular complexity index is 724. The normalized spacial score (nSPS) is 19.6. The summed E-state index contributed by atoms with van der Waals surface area (Å²) in [5, 5.41) is 9.81. The first kappa shape index (κ1) is 13.0. The van der Waals surface area contributed by atoms with Crippen LogP contribution in [0.1, 0.15) is 36.7 Å². The molecule has 102 valence electrons. The highest BCUT2D eigenvalue weighted by Crippen LogP contribution is 2.49. The van der Waals surface area contributed by atoms with Crippen molar-refractivity contribution in [1.82, 2.24) is 9.55 Å². The highest BCUT2D eigenvalue weighted by Gasteiger charge is 2.42. The molecule has 0 aliphatic carbocycles. The van der Waals surface area contributed by atoms with Crippen molar-refractivity contribution in [2.75, 3.05) is 5.73 Å². The van der Waals surface area contributed by atoms with Crippen LogP contribution in [0.2, 0.25) is 5.02 Å². The first-order chi connectivity index (χ1) is 9.44. The average molecular weight is 287 g/mol. The van der Waals surface area contributed by atoms with Gasteiger partial charge in [-0.15, -0.1) is 0 Å². The quantitative estimate of drug-likeness (QED) is 0.875. The van der Waals surface area contributed by atoms with Gasteiger partial charge < -0.3 is 10.3 Å². The highest BCUT2D eigenvalue weighted by atomic mass is 35.5. The number of hydrogen-bond donors (Lipinski definition) is 1. The van der Waals surface area contributed by atoms with Crippen LogP contribution in [-0.4, -0.2) is 9.55 Å². The molecule has 2 aromatic heterocycles. The Morgan fingerprint density at radius 2 is 2.25 bits per heavy atom. The summed E-state index contributed by atoms with van der Waals surface area (Å²) in [6.45, 7) is 5.15. The van der Waals surface area contributed by atoms with Gasteiger partial charge >= 0.3 is 0 Å². The third kappa shape index (κ3) is 1.78. The summed E-state index contributed by atoms with van der Waals surface area (Å²) in [6.07, 6.45) is 1.60. The number of nitrogens with two attached hydrogens (primary N) is 1. The highest BCUT2D eigenvalue weighted by molar-refractivity contribution is 6.31. The van der Waals surface area contributed by atoms with Gasteiger partial charge in [-0.25, -0.2) is 4.98 Å². The number of aromatic nitrogens is 2. The van der Waals surface area contributed by atoms with Gasteiger partial charge in [-0.3, -0.25) is 0 Å². The summed E-state index contributed by atoms with van der Waals surface area (Å²) in [5.41, 5.74) is 8.55. The van der Waals surface area contributed by atoms with Crippen LogP contribution in [0.15, 0.2) is 24.4 Å². The molecular formula is C15H15ClN4. The third-order valence-electron chi connectivity index (χ3n) is 3.99. The van der Waals surface area contributed by atoms with E-state index in [1.54, 1.807) is 6.20 Å². The lowest BCUT2D eigenvalue weighted by molar-refractivity contribution is 0.322. The zero-order valence-electron chi connectivity index (χ0n) is 11.4. The van der Waals surface area contributed by atoms with Gasteiger partial charge in [-0.1, -0.05) is 25.4 Å². The molecule has 0 amide bonds. The summed E-state index contributed by atoms with van der Waals surface area (Å²) >= 11 is 6.32. The van der Waals surface area contributed by atoms with Gasteiger partial charge in [-0.05, 0) is 29.2 Å². The minimum Gasteiger partial charge on any atom is -0.384 e. The van der Waals surface area contributed by atoms with Crippen LogP contribution in [0.4, 0.5) is 5.82 Å². The van der Waals surface area contributed by atoms with E-state index in [2.05, 4.69) is 29.5 Å². The second-order valence-electron chi connectivity index (χ2n) is 5.89. The Kier molecular flexibility index (Phi) is 2.77. The molecule has 1 aliphatic rings. The second-order valence-corrected chi connectivity index (χ2v) is 6.30. The van der Waals surface area contributed by atoms with E-state index in [0.29, 0.717) is 16.5 Å². The first-order valence-electron chi connectivity index (χ1n) is 6.44. The number of hydrogen-bond acceptors (Lipinski definition) is 3. The van der Waals surface area contributed by atoms with E-state index in [9.17, 15) is 5.26 Å². The van der Waals surface area contributed by atoms with Crippen LogP contribution in [0.25, 0.3) is 0 Å². The molecular weight excluding hydrogens is 272 g/mol. The number of nitriles is 1. The number of nitrogen functional groups attached to an aromatic ring is 1. The van der Waals surface area contributed by atoms with Crippen LogP contribution >= 0.6 is 11.6 Å². The molecule has 1 atom stereocenters. The Hall–Kier alpha value is -1.99. The van der Waals surface area contributed by atoms with E-state index < -0.39 is 0 Å². The molecule has 0 fully saturated rings. The number of nitrogens with zero attached hydrogens (tertiary/aromatic N) is 3. The number of anilines is 1. The maximum Gasteiger partial charge on any atom is 0.123 e. The zero-order chi connectivity index (χ0) is 14.5. The lowest BCUT2D eigenvalue weighted by Gasteiger charge is -2.27. The van der Waals surface area contributed by atoms with Crippen LogP contribution < -0.4 is 5.73 Å². The van der Waals surface area contributed by atoms with E-state index in [0.717, 1.165) is 17.8 Å². The van der Waals surface area contributed by atoms with E-state index in [1.165, 1.54) is 0 Å². The van der Waals surface area contributed by atoms with Crippen LogP contribution in [0.3, 0.4) is 0 Å². The van der Waals surface area contributed by atoms with E-state index in [-0.39, 0.29) is 11.3 Å². The standard InChI is InChI=1S/C15H15ClN4/c1-15(2)8-20-9(6-17)3-4-12(20)14(15)10-5-13(18)19-7-11(10)16/h3-5,7,14H,8H2,1-2H3,(H2,18,19). The third-order valence-corrected chi connectivity index (χ3v) is 4.30. The van der Waals surface area contributed by atoms with Gasteiger partial charge in [0.1, 0.15) is 17.6 Å². The fourth-order valence-corrected chi connectivity index (χ4v) is 3.39. The maximum absolute atomic E-state index is 9.19. The zero-order valence-corrected chi connectivity index (χ0v) is 12.1. The predicted octanol–water partition coefficient (Wildman–Crippen LogP) is 3.16. The van der Waals surface area contributed by atoms with Gasteiger partial charge in [0, 0.05) is 24.4 Å².